The Kier molecular flexibility index (Phi) is 2.96. The monoisotopic (exact) mass is 167 g/mol. The van der Waals surface area contributed by atoms with Crippen molar-refractivity contribution >= 4 is 5.78 Å². The average molecular weight is 167 g/mol. The second kappa shape index (κ2) is 3.99. The van der Waals surface area contributed by atoms with Gasteiger partial charge in [-0.2, -0.15) is 5.10 Å². The lowest BCUT2D eigenvalue weighted by molar-refractivity contribution is -0.123. The van der Waals surface area contributed by atoms with E-state index in [-0.39, 0.29) is 11.7 Å². The highest BCUT2D eigenvalue weighted by atomic mass is 16.1. The molecule has 0 radical (unpaired) electrons. The van der Waals surface area contributed by atoms with Crippen LogP contribution in [0.2, 0.25) is 0 Å². The van der Waals surface area contributed by atoms with Gasteiger partial charge in [-0.05, 0) is 6.42 Å². The number of carbonyl (C=O) groups excluding carboxylic acids is 1. The van der Waals surface area contributed by atoms with E-state index in [4.69, 9.17) is 0 Å². The van der Waals surface area contributed by atoms with Crippen molar-refractivity contribution in [2.75, 3.05) is 0 Å². The number of rotatable bonds is 4. The maximum Gasteiger partial charge on any atom is 0.157 e. The Bertz CT molecular complexity index is 243. The number of Topliss-reactive ketones (excluding diaryl/α,β-unsaturated/α-hetero) is 1. The fourth-order valence-electron chi connectivity index (χ4n) is 0.858. The van der Waals surface area contributed by atoms with Crippen LogP contribution < -0.4 is 0 Å². The quantitative estimate of drug-likeness (QED) is 0.669. The zero-order valence-corrected chi connectivity index (χ0v) is 7.40. The van der Waals surface area contributed by atoms with Gasteiger partial charge in [-0.25, -0.2) is 9.67 Å². The third-order valence-corrected chi connectivity index (χ3v) is 1.95. The van der Waals surface area contributed by atoms with Crippen molar-refractivity contribution in [2.24, 2.45) is 5.92 Å². The lowest BCUT2D eigenvalue weighted by Gasteiger charge is -2.05. The average Bonchev–Trinajstić information content (AvgIpc) is 2.55. The maximum atomic E-state index is 11.4. The van der Waals surface area contributed by atoms with Crippen LogP contribution in [0.25, 0.3) is 0 Å². The molecule has 0 fully saturated rings. The van der Waals surface area contributed by atoms with Crippen molar-refractivity contribution in [3.05, 3.63) is 12.7 Å². The number of hydrogen-bond acceptors (Lipinski definition) is 3. The van der Waals surface area contributed by atoms with Gasteiger partial charge >= 0.3 is 0 Å². The predicted molar refractivity (Wildman–Crippen MR) is 44.5 cm³/mol. The van der Waals surface area contributed by atoms with E-state index in [1.807, 2.05) is 13.8 Å². The van der Waals surface area contributed by atoms with Gasteiger partial charge in [-0.1, -0.05) is 13.8 Å². The summed E-state index contributed by atoms with van der Waals surface area (Å²) >= 11 is 0. The molecule has 0 saturated heterocycles. The molecular weight excluding hydrogens is 154 g/mol. The molecule has 0 aliphatic heterocycles. The third kappa shape index (κ3) is 2.15. The first-order valence-electron chi connectivity index (χ1n) is 4.09. The van der Waals surface area contributed by atoms with E-state index >= 15 is 0 Å². The number of carbonyl (C=O) groups is 1. The van der Waals surface area contributed by atoms with E-state index in [1.165, 1.54) is 6.33 Å². The van der Waals surface area contributed by atoms with Gasteiger partial charge in [-0.3, -0.25) is 4.79 Å². The summed E-state index contributed by atoms with van der Waals surface area (Å²) in [5.74, 6) is 0.331. The van der Waals surface area contributed by atoms with Crippen molar-refractivity contribution in [2.45, 2.75) is 26.8 Å². The number of aromatic nitrogens is 3. The molecule has 0 saturated carbocycles. The van der Waals surface area contributed by atoms with Crippen LogP contribution in [0.15, 0.2) is 12.7 Å². The highest BCUT2D eigenvalue weighted by molar-refractivity contribution is 5.80. The van der Waals surface area contributed by atoms with E-state index in [2.05, 4.69) is 10.1 Å². The zero-order chi connectivity index (χ0) is 8.97. The first-order chi connectivity index (χ1) is 5.74. The topological polar surface area (TPSA) is 47.8 Å². The van der Waals surface area contributed by atoms with Crippen LogP contribution in [-0.4, -0.2) is 20.5 Å². The van der Waals surface area contributed by atoms with Gasteiger partial charge in [0, 0.05) is 5.92 Å². The molecule has 1 atom stereocenters. The Morgan fingerprint density at radius 1 is 1.67 bits per heavy atom. The number of ketones is 1. The second-order valence-corrected chi connectivity index (χ2v) is 2.87. The van der Waals surface area contributed by atoms with E-state index in [0.29, 0.717) is 6.54 Å². The molecule has 1 unspecified atom stereocenters. The number of nitrogens with zero attached hydrogens (tertiary/aromatic N) is 3. The molecule has 66 valence electrons. The molecule has 0 aromatic carbocycles. The molecule has 0 aliphatic rings. The van der Waals surface area contributed by atoms with Gasteiger partial charge < -0.3 is 0 Å². The molecule has 1 aromatic heterocycles. The van der Waals surface area contributed by atoms with Crippen molar-refractivity contribution in [3.8, 4) is 0 Å². The van der Waals surface area contributed by atoms with E-state index < -0.39 is 0 Å². The van der Waals surface area contributed by atoms with Gasteiger partial charge in [0.15, 0.2) is 5.78 Å². The Balaban J connectivity index is 2.47. The summed E-state index contributed by atoms with van der Waals surface area (Å²) in [4.78, 5) is 15.1. The molecule has 1 aromatic rings. The maximum absolute atomic E-state index is 11.4. The molecule has 0 aliphatic carbocycles. The zero-order valence-electron chi connectivity index (χ0n) is 7.40. The Morgan fingerprint density at radius 3 is 2.92 bits per heavy atom. The van der Waals surface area contributed by atoms with E-state index in [1.54, 1.807) is 11.0 Å². The third-order valence-electron chi connectivity index (χ3n) is 1.95. The van der Waals surface area contributed by atoms with Crippen LogP contribution in [0.4, 0.5) is 0 Å². The smallest absolute Gasteiger partial charge is 0.157 e. The summed E-state index contributed by atoms with van der Waals surface area (Å²) in [5.41, 5.74) is 0. The van der Waals surface area contributed by atoms with Gasteiger partial charge in [0.2, 0.25) is 0 Å². The van der Waals surface area contributed by atoms with Gasteiger partial charge in [0.25, 0.3) is 0 Å². The summed E-state index contributed by atoms with van der Waals surface area (Å²) in [6, 6.07) is 0. The Morgan fingerprint density at radius 2 is 2.42 bits per heavy atom. The van der Waals surface area contributed by atoms with Gasteiger partial charge in [0.1, 0.15) is 19.2 Å². The minimum absolute atomic E-state index is 0.120. The second-order valence-electron chi connectivity index (χ2n) is 2.87. The summed E-state index contributed by atoms with van der Waals surface area (Å²) < 4.78 is 1.55. The fraction of sp³-hybridized carbons (Fsp3) is 0.625. The fourth-order valence-corrected chi connectivity index (χ4v) is 0.858. The van der Waals surface area contributed by atoms with Crippen LogP contribution in [0.3, 0.4) is 0 Å². The van der Waals surface area contributed by atoms with Crippen LogP contribution in [0, 0.1) is 5.92 Å². The normalized spacial score (nSPS) is 12.8. The highest BCUT2D eigenvalue weighted by Crippen LogP contribution is 2.02. The van der Waals surface area contributed by atoms with Crippen LogP contribution in [0.5, 0.6) is 0 Å². The standard InChI is InChI=1S/C8H13N3O/c1-3-7(2)8(12)4-11-6-9-5-10-11/h5-7H,3-4H2,1-2H3. The minimum Gasteiger partial charge on any atom is -0.297 e. The highest BCUT2D eigenvalue weighted by Gasteiger charge is 2.10. The molecule has 4 heteroatoms. The van der Waals surface area contributed by atoms with Crippen LogP contribution in [0.1, 0.15) is 20.3 Å². The summed E-state index contributed by atoms with van der Waals surface area (Å²) in [5, 5.41) is 3.86. The first-order valence-corrected chi connectivity index (χ1v) is 4.09. The molecule has 1 rings (SSSR count). The van der Waals surface area contributed by atoms with Crippen molar-refractivity contribution < 1.29 is 4.79 Å². The molecular formula is C8H13N3O. The molecule has 0 N–H and O–H groups in total. The molecule has 4 nitrogen and oxygen atoms in total. The van der Waals surface area contributed by atoms with E-state index in [9.17, 15) is 4.79 Å². The minimum atomic E-state index is 0.120. The van der Waals surface area contributed by atoms with Crippen LogP contribution in [-0.2, 0) is 11.3 Å². The predicted octanol–water partition coefficient (Wildman–Crippen LogP) is 0.893. The number of hydrogen-bond donors (Lipinski definition) is 0. The van der Waals surface area contributed by atoms with E-state index in [0.717, 1.165) is 6.42 Å². The lowest BCUT2D eigenvalue weighted by Crippen LogP contribution is -2.17. The van der Waals surface area contributed by atoms with Crippen LogP contribution >= 0.6 is 0 Å². The summed E-state index contributed by atoms with van der Waals surface area (Å²) in [6.45, 7) is 4.28. The molecule has 1 heterocycles. The van der Waals surface area contributed by atoms with Crippen molar-refractivity contribution in [3.63, 3.8) is 0 Å². The largest absolute Gasteiger partial charge is 0.297 e. The Labute approximate surface area is 71.6 Å². The van der Waals surface area contributed by atoms with Crippen molar-refractivity contribution in [1.29, 1.82) is 0 Å². The van der Waals surface area contributed by atoms with Gasteiger partial charge in [0.05, 0.1) is 0 Å². The van der Waals surface area contributed by atoms with Crippen molar-refractivity contribution in [1.82, 2.24) is 14.8 Å². The molecule has 12 heavy (non-hydrogen) atoms. The Hall–Kier alpha value is -1.19. The summed E-state index contributed by atoms with van der Waals surface area (Å²) in [7, 11) is 0. The SMILES string of the molecule is CCC(C)C(=O)Cn1cncn1. The molecule has 0 bridgehead atoms. The summed E-state index contributed by atoms with van der Waals surface area (Å²) in [6.07, 6.45) is 3.87. The molecule has 0 spiro atoms. The van der Waals surface area contributed by atoms with Gasteiger partial charge in [-0.15, -0.1) is 0 Å². The lowest BCUT2D eigenvalue weighted by atomic mass is 10.0. The first kappa shape index (κ1) is 8.90. The molecule has 0 amide bonds.